The largest absolute Gasteiger partial charge is 0.481 e. The molecule has 0 bridgehead atoms. The SMILES string of the molecule is CC1C(=O)NCC(C(=O)O)CN1Cc1ccncc1. The molecule has 0 aliphatic carbocycles. The maximum absolute atomic E-state index is 11.8. The van der Waals surface area contributed by atoms with Crippen LogP contribution in [-0.4, -0.2) is 46.0 Å². The van der Waals surface area contributed by atoms with E-state index in [1.807, 2.05) is 17.0 Å². The molecule has 0 spiro atoms. The average Bonchev–Trinajstić information content (AvgIpc) is 2.54. The van der Waals surface area contributed by atoms with E-state index in [1.165, 1.54) is 0 Å². The summed E-state index contributed by atoms with van der Waals surface area (Å²) < 4.78 is 0. The second-order valence-corrected chi connectivity index (χ2v) is 4.74. The number of aliphatic carboxylic acids is 1. The Morgan fingerprint density at radius 2 is 2.21 bits per heavy atom. The van der Waals surface area contributed by atoms with Crippen LogP contribution in [0.5, 0.6) is 0 Å². The third kappa shape index (κ3) is 3.29. The Balaban J connectivity index is 2.14. The molecular formula is C13H17N3O3. The molecule has 2 atom stereocenters. The van der Waals surface area contributed by atoms with Crippen molar-refractivity contribution in [2.45, 2.75) is 19.5 Å². The summed E-state index contributed by atoms with van der Waals surface area (Å²) in [6, 6.07) is 3.40. The molecule has 2 N–H and O–H groups in total. The van der Waals surface area contributed by atoms with Crippen LogP contribution >= 0.6 is 0 Å². The van der Waals surface area contributed by atoms with E-state index in [2.05, 4.69) is 10.3 Å². The Hall–Kier alpha value is -1.95. The number of amides is 1. The maximum Gasteiger partial charge on any atom is 0.309 e. The van der Waals surface area contributed by atoms with Crippen molar-refractivity contribution in [1.29, 1.82) is 0 Å². The Labute approximate surface area is 111 Å². The highest BCUT2D eigenvalue weighted by molar-refractivity contribution is 5.82. The van der Waals surface area contributed by atoms with E-state index in [9.17, 15) is 9.59 Å². The van der Waals surface area contributed by atoms with Gasteiger partial charge in [0.05, 0.1) is 12.0 Å². The fourth-order valence-electron chi connectivity index (χ4n) is 2.13. The van der Waals surface area contributed by atoms with Gasteiger partial charge in [-0.1, -0.05) is 0 Å². The lowest BCUT2D eigenvalue weighted by Gasteiger charge is -2.26. The van der Waals surface area contributed by atoms with Crippen LogP contribution in [0, 0.1) is 5.92 Å². The molecule has 0 saturated carbocycles. The molecular weight excluding hydrogens is 246 g/mol. The summed E-state index contributed by atoms with van der Waals surface area (Å²) in [5, 5.41) is 11.8. The zero-order valence-electron chi connectivity index (χ0n) is 10.7. The van der Waals surface area contributed by atoms with Gasteiger partial charge in [-0.05, 0) is 24.6 Å². The van der Waals surface area contributed by atoms with Crippen molar-refractivity contribution in [3.8, 4) is 0 Å². The number of nitrogens with one attached hydrogen (secondary N) is 1. The lowest BCUT2D eigenvalue weighted by Crippen LogP contribution is -2.41. The van der Waals surface area contributed by atoms with E-state index in [0.717, 1.165) is 5.56 Å². The first kappa shape index (κ1) is 13.5. The highest BCUT2D eigenvalue weighted by Crippen LogP contribution is 2.14. The normalized spacial score (nSPS) is 24.6. The van der Waals surface area contributed by atoms with Gasteiger partial charge in [-0.3, -0.25) is 19.5 Å². The fourth-order valence-corrected chi connectivity index (χ4v) is 2.13. The van der Waals surface area contributed by atoms with Crippen molar-refractivity contribution in [2.75, 3.05) is 13.1 Å². The molecule has 0 aromatic carbocycles. The minimum atomic E-state index is -0.880. The second-order valence-electron chi connectivity index (χ2n) is 4.74. The van der Waals surface area contributed by atoms with Gasteiger partial charge in [0.15, 0.2) is 0 Å². The summed E-state index contributed by atoms with van der Waals surface area (Å²) in [5.74, 6) is -1.58. The molecule has 1 fully saturated rings. The molecule has 6 nitrogen and oxygen atoms in total. The van der Waals surface area contributed by atoms with Crippen LogP contribution in [0.15, 0.2) is 24.5 Å². The Morgan fingerprint density at radius 1 is 1.53 bits per heavy atom. The summed E-state index contributed by atoms with van der Waals surface area (Å²) in [4.78, 5) is 28.8. The summed E-state index contributed by atoms with van der Waals surface area (Å²) in [5.41, 5.74) is 1.01. The van der Waals surface area contributed by atoms with E-state index in [-0.39, 0.29) is 18.5 Å². The van der Waals surface area contributed by atoms with Gasteiger partial charge in [0.2, 0.25) is 5.91 Å². The average molecular weight is 263 g/mol. The van der Waals surface area contributed by atoms with Crippen molar-refractivity contribution in [3.05, 3.63) is 30.1 Å². The molecule has 2 heterocycles. The molecule has 102 valence electrons. The number of carboxylic acid groups (broad SMARTS) is 1. The topological polar surface area (TPSA) is 82.5 Å². The first-order valence-electron chi connectivity index (χ1n) is 6.21. The van der Waals surface area contributed by atoms with Crippen molar-refractivity contribution in [2.24, 2.45) is 5.92 Å². The maximum atomic E-state index is 11.8. The quantitative estimate of drug-likeness (QED) is 0.808. The molecule has 1 aliphatic heterocycles. The fraction of sp³-hybridized carbons (Fsp3) is 0.462. The predicted molar refractivity (Wildman–Crippen MR) is 68.2 cm³/mol. The first-order valence-corrected chi connectivity index (χ1v) is 6.21. The van der Waals surface area contributed by atoms with Gasteiger partial charge in [0.25, 0.3) is 0 Å². The monoisotopic (exact) mass is 263 g/mol. The summed E-state index contributed by atoms with van der Waals surface area (Å²) in [6.45, 7) is 2.88. The van der Waals surface area contributed by atoms with Crippen LogP contribution in [0.3, 0.4) is 0 Å². The Bertz CT molecular complexity index is 463. The van der Waals surface area contributed by atoms with E-state index < -0.39 is 11.9 Å². The zero-order valence-corrected chi connectivity index (χ0v) is 10.7. The number of rotatable bonds is 3. The predicted octanol–water partition coefficient (Wildman–Crippen LogP) is 0.103. The van der Waals surface area contributed by atoms with E-state index in [4.69, 9.17) is 5.11 Å². The van der Waals surface area contributed by atoms with Gasteiger partial charge in [0, 0.05) is 32.0 Å². The molecule has 1 amide bonds. The number of aromatic nitrogens is 1. The number of hydrogen-bond donors (Lipinski definition) is 2. The van der Waals surface area contributed by atoms with Gasteiger partial charge in [0.1, 0.15) is 0 Å². The van der Waals surface area contributed by atoms with Crippen LogP contribution in [0.2, 0.25) is 0 Å². The number of nitrogens with zero attached hydrogens (tertiary/aromatic N) is 2. The van der Waals surface area contributed by atoms with Crippen LogP contribution < -0.4 is 5.32 Å². The van der Waals surface area contributed by atoms with Gasteiger partial charge < -0.3 is 10.4 Å². The lowest BCUT2D eigenvalue weighted by atomic mass is 10.1. The van der Waals surface area contributed by atoms with Gasteiger partial charge >= 0.3 is 5.97 Å². The van der Waals surface area contributed by atoms with Crippen molar-refractivity contribution < 1.29 is 14.7 Å². The van der Waals surface area contributed by atoms with E-state index >= 15 is 0 Å². The molecule has 1 aromatic rings. The first-order chi connectivity index (χ1) is 9.08. The lowest BCUT2D eigenvalue weighted by molar-refractivity contribution is -0.142. The van der Waals surface area contributed by atoms with Crippen LogP contribution in [0.4, 0.5) is 0 Å². The number of carbonyl (C=O) groups is 2. The molecule has 1 aliphatic rings. The third-order valence-corrected chi connectivity index (χ3v) is 3.39. The molecule has 2 rings (SSSR count). The van der Waals surface area contributed by atoms with Crippen molar-refractivity contribution in [3.63, 3.8) is 0 Å². The zero-order chi connectivity index (χ0) is 13.8. The molecule has 1 aromatic heterocycles. The standard InChI is InChI=1S/C13H17N3O3/c1-9-12(17)15-6-11(13(18)19)8-16(9)7-10-2-4-14-5-3-10/h2-5,9,11H,6-8H2,1H3,(H,15,17)(H,18,19). The number of pyridine rings is 1. The highest BCUT2D eigenvalue weighted by atomic mass is 16.4. The molecule has 6 heteroatoms. The highest BCUT2D eigenvalue weighted by Gasteiger charge is 2.31. The van der Waals surface area contributed by atoms with E-state index in [0.29, 0.717) is 13.1 Å². The molecule has 2 unspecified atom stereocenters. The summed E-state index contributed by atoms with van der Waals surface area (Å²) in [7, 11) is 0. The number of carboxylic acids is 1. The minimum Gasteiger partial charge on any atom is -0.481 e. The smallest absolute Gasteiger partial charge is 0.309 e. The van der Waals surface area contributed by atoms with Gasteiger partial charge in [-0.2, -0.15) is 0 Å². The van der Waals surface area contributed by atoms with E-state index in [1.54, 1.807) is 19.3 Å². The van der Waals surface area contributed by atoms with Crippen LogP contribution in [0.1, 0.15) is 12.5 Å². The third-order valence-electron chi connectivity index (χ3n) is 3.39. The van der Waals surface area contributed by atoms with Gasteiger partial charge in [-0.25, -0.2) is 0 Å². The Kier molecular flexibility index (Phi) is 4.11. The Morgan fingerprint density at radius 3 is 2.84 bits per heavy atom. The molecule has 1 saturated heterocycles. The van der Waals surface area contributed by atoms with Crippen molar-refractivity contribution >= 4 is 11.9 Å². The van der Waals surface area contributed by atoms with Gasteiger partial charge in [-0.15, -0.1) is 0 Å². The van der Waals surface area contributed by atoms with Crippen molar-refractivity contribution in [1.82, 2.24) is 15.2 Å². The van der Waals surface area contributed by atoms with Crippen LogP contribution in [-0.2, 0) is 16.1 Å². The number of carbonyl (C=O) groups excluding carboxylic acids is 1. The number of hydrogen-bond acceptors (Lipinski definition) is 4. The molecule has 19 heavy (non-hydrogen) atoms. The minimum absolute atomic E-state index is 0.127. The second kappa shape index (κ2) is 5.79. The molecule has 0 radical (unpaired) electrons. The van der Waals surface area contributed by atoms with Crippen LogP contribution in [0.25, 0.3) is 0 Å². The summed E-state index contributed by atoms with van der Waals surface area (Å²) >= 11 is 0. The summed E-state index contributed by atoms with van der Waals surface area (Å²) in [6.07, 6.45) is 3.37.